The normalized spacial score (nSPS) is 10.5. The van der Waals surface area contributed by atoms with Crippen LogP contribution in [0.5, 0.6) is 17.2 Å². The first kappa shape index (κ1) is 12.8. The number of ether oxygens (including phenoxy) is 3. The van der Waals surface area contributed by atoms with Crippen LogP contribution < -0.4 is 14.2 Å². The van der Waals surface area contributed by atoms with Crippen LogP contribution in [-0.2, 0) is 0 Å². The van der Waals surface area contributed by atoms with E-state index in [1.54, 1.807) is 27.4 Å². The van der Waals surface area contributed by atoms with Gasteiger partial charge in [0.25, 0.3) is 0 Å². The molecule has 0 aliphatic rings. The Kier molecular flexibility index (Phi) is 5.05. The molecule has 0 atom stereocenters. The summed E-state index contributed by atoms with van der Waals surface area (Å²) >= 11 is 4.12. The van der Waals surface area contributed by atoms with Crippen molar-refractivity contribution in [1.82, 2.24) is 0 Å². The second kappa shape index (κ2) is 6.33. The fraction of sp³-hybridized carbons (Fsp3) is 0.333. The van der Waals surface area contributed by atoms with E-state index in [4.69, 9.17) is 14.2 Å². The van der Waals surface area contributed by atoms with Crippen LogP contribution in [0, 0.1) is 0 Å². The van der Waals surface area contributed by atoms with Crippen LogP contribution in [0.25, 0.3) is 6.08 Å². The minimum Gasteiger partial charge on any atom is -0.496 e. The van der Waals surface area contributed by atoms with Crippen molar-refractivity contribution in [1.29, 1.82) is 0 Å². The van der Waals surface area contributed by atoms with Crippen LogP contribution in [0.15, 0.2) is 18.2 Å². The molecule has 0 aliphatic carbocycles. The van der Waals surface area contributed by atoms with Gasteiger partial charge < -0.3 is 14.2 Å². The summed E-state index contributed by atoms with van der Waals surface area (Å²) in [5.74, 6) is 2.76. The number of benzene rings is 1. The molecule has 1 aromatic rings. The number of rotatable bonds is 5. The first-order valence-electron chi connectivity index (χ1n) is 4.84. The fourth-order valence-corrected chi connectivity index (χ4v) is 1.47. The Bertz CT molecular complexity index is 375. The summed E-state index contributed by atoms with van der Waals surface area (Å²) in [6.07, 6.45) is 3.88. The summed E-state index contributed by atoms with van der Waals surface area (Å²) < 4.78 is 15.7. The molecule has 3 nitrogen and oxygen atoms in total. The van der Waals surface area contributed by atoms with Crippen molar-refractivity contribution in [3.63, 3.8) is 0 Å². The summed E-state index contributed by atoms with van der Waals surface area (Å²) in [5, 5.41) is 0. The van der Waals surface area contributed by atoms with Crippen molar-refractivity contribution in [2.45, 2.75) is 0 Å². The Hall–Kier alpha value is -1.29. The van der Waals surface area contributed by atoms with E-state index in [0.29, 0.717) is 17.3 Å². The summed E-state index contributed by atoms with van der Waals surface area (Å²) in [7, 11) is 4.83. The van der Waals surface area contributed by atoms with Crippen LogP contribution in [0.3, 0.4) is 0 Å². The SMILES string of the molecule is COc1cc(OC)c(OC)cc1C=CCS. The smallest absolute Gasteiger partial charge is 0.164 e. The first-order chi connectivity index (χ1) is 7.76. The molecule has 0 saturated carbocycles. The standard InChI is InChI=1S/C12H16O3S/c1-13-10-8-12(15-3)11(14-2)7-9(10)5-4-6-16/h4-5,7-8,16H,6H2,1-3H3. The molecule has 0 saturated heterocycles. The second-order valence-electron chi connectivity index (χ2n) is 3.03. The zero-order valence-electron chi connectivity index (χ0n) is 9.69. The van der Waals surface area contributed by atoms with Crippen molar-refractivity contribution < 1.29 is 14.2 Å². The zero-order valence-corrected chi connectivity index (χ0v) is 10.6. The number of hydrogen-bond donors (Lipinski definition) is 1. The Morgan fingerprint density at radius 3 is 2.06 bits per heavy atom. The minimum absolute atomic E-state index is 0.655. The van der Waals surface area contributed by atoms with Crippen LogP contribution in [0.1, 0.15) is 5.56 Å². The summed E-state index contributed by atoms with van der Waals surface area (Å²) in [6, 6.07) is 3.68. The Balaban J connectivity index is 3.20. The van der Waals surface area contributed by atoms with E-state index in [1.807, 2.05) is 18.2 Å². The van der Waals surface area contributed by atoms with Crippen LogP contribution in [0.4, 0.5) is 0 Å². The third-order valence-corrected chi connectivity index (χ3v) is 2.35. The molecule has 0 heterocycles. The molecule has 0 radical (unpaired) electrons. The maximum atomic E-state index is 5.27. The molecule has 0 N–H and O–H groups in total. The summed E-state index contributed by atoms with van der Waals surface area (Å²) in [4.78, 5) is 0. The number of hydrogen-bond acceptors (Lipinski definition) is 4. The molecule has 88 valence electrons. The van der Waals surface area contributed by atoms with E-state index in [0.717, 1.165) is 11.3 Å². The molecule has 0 fully saturated rings. The predicted octanol–water partition coefficient (Wildman–Crippen LogP) is 2.66. The van der Waals surface area contributed by atoms with Crippen LogP contribution in [-0.4, -0.2) is 27.1 Å². The second-order valence-corrected chi connectivity index (χ2v) is 3.40. The molecule has 0 spiro atoms. The maximum absolute atomic E-state index is 5.27. The zero-order chi connectivity index (χ0) is 12.0. The average Bonchev–Trinajstić information content (AvgIpc) is 2.35. The van der Waals surface area contributed by atoms with Gasteiger partial charge in [-0.15, -0.1) is 0 Å². The van der Waals surface area contributed by atoms with E-state index in [2.05, 4.69) is 12.6 Å². The van der Waals surface area contributed by atoms with Crippen LogP contribution >= 0.6 is 12.6 Å². The lowest BCUT2D eigenvalue weighted by molar-refractivity contribution is 0.348. The third kappa shape index (κ3) is 2.85. The average molecular weight is 240 g/mol. The highest BCUT2D eigenvalue weighted by Gasteiger charge is 2.09. The lowest BCUT2D eigenvalue weighted by atomic mass is 10.1. The molecular weight excluding hydrogens is 224 g/mol. The van der Waals surface area contributed by atoms with Crippen molar-refractivity contribution in [2.24, 2.45) is 0 Å². The van der Waals surface area contributed by atoms with Gasteiger partial charge in [0, 0.05) is 17.4 Å². The largest absolute Gasteiger partial charge is 0.496 e. The molecular formula is C12H16O3S. The van der Waals surface area contributed by atoms with Gasteiger partial charge in [-0.2, -0.15) is 12.6 Å². The molecule has 0 aliphatic heterocycles. The number of methoxy groups -OCH3 is 3. The molecule has 16 heavy (non-hydrogen) atoms. The van der Waals surface area contributed by atoms with Crippen molar-refractivity contribution in [3.8, 4) is 17.2 Å². The van der Waals surface area contributed by atoms with Gasteiger partial charge in [0.1, 0.15) is 5.75 Å². The topological polar surface area (TPSA) is 27.7 Å². The molecule has 1 aromatic carbocycles. The lowest BCUT2D eigenvalue weighted by Crippen LogP contribution is -1.94. The molecule has 0 aromatic heterocycles. The molecule has 0 amide bonds. The quantitative estimate of drug-likeness (QED) is 0.802. The molecule has 4 heteroatoms. The van der Waals surface area contributed by atoms with E-state index in [9.17, 15) is 0 Å². The van der Waals surface area contributed by atoms with Gasteiger partial charge >= 0.3 is 0 Å². The monoisotopic (exact) mass is 240 g/mol. The van der Waals surface area contributed by atoms with Crippen molar-refractivity contribution >= 4 is 18.7 Å². The van der Waals surface area contributed by atoms with Crippen molar-refractivity contribution in [2.75, 3.05) is 27.1 Å². The first-order valence-corrected chi connectivity index (χ1v) is 5.47. The van der Waals surface area contributed by atoms with Gasteiger partial charge in [-0.1, -0.05) is 12.2 Å². The van der Waals surface area contributed by atoms with Gasteiger partial charge in [-0.25, -0.2) is 0 Å². The highest BCUT2D eigenvalue weighted by Crippen LogP contribution is 2.35. The van der Waals surface area contributed by atoms with E-state index >= 15 is 0 Å². The maximum Gasteiger partial charge on any atom is 0.164 e. The minimum atomic E-state index is 0.655. The fourth-order valence-electron chi connectivity index (χ4n) is 1.36. The van der Waals surface area contributed by atoms with Gasteiger partial charge in [-0.3, -0.25) is 0 Å². The molecule has 1 rings (SSSR count). The van der Waals surface area contributed by atoms with Crippen LogP contribution in [0.2, 0.25) is 0 Å². The van der Waals surface area contributed by atoms with Crippen molar-refractivity contribution in [3.05, 3.63) is 23.8 Å². The van der Waals surface area contributed by atoms with E-state index < -0.39 is 0 Å². The summed E-state index contributed by atoms with van der Waals surface area (Å²) in [6.45, 7) is 0. The van der Waals surface area contributed by atoms with Gasteiger partial charge in [0.15, 0.2) is 11.5 Å². The van der Waals surface area contributed by atoms with Gasteiger partial charge in [0.05, 0.1) is 21.3 Å². The Labute approximate surface area is 101 Å². The number of thiol groups is 1. The van der Waals surface area contributed by atoms with Gasteiger partial charge in [-0.05, 0) is 6.07 Å². The molecule has 0 unspecified atom stereocenters. The Morgan fingerprint density at radius 1 is 1.00 bits per heavy atom. The lowest BCUT2D eigenvalue weighted by Gasteiger charge is -2.11. The highest BCUT2D eigenvalue weighted by molar-refractivity contribution is 7.80. The van der Waals surface area contributed by atoms with E-state index in [-0.39, 0.29) is 0 Å². The third-order valence-electron chi connectivity index (χ3n) is 2.14. The van der Waals surface area contributed by atoms with E-state index in [1.165, 1.54) is 0 Å². The highest BCUT2D eigenvalue weighted by atomic mass is 32.1. The summed E-state index contributed by atoms with van der Waals surface area (Å²) in [5.41, 5.74) is 0.939. The Morgan fingerprint density at radius 2 is 1.56 bits per heavy atom. The molecule has 0 bridgehead atoms. The van der Waals surface area contributed by atoms with Gasteiger partial charge in [0.2, 0.25) is 0 Å². The predicted molar refractivity (Wildman–Crippen MR) is 69.0 cm³/mol.